The number of benzene rings is 2. The minimum Gasteiger partial charge on any atom is -0.490 e. The van der Waals surface area contributed by atoms with Crippen LogP contribution in [0.2, 0.25) is 0 Å². The number of hydrogen-bond acceptors (Lipinski definition) is 9. The summed E-state index contributed by atoms with van der Waals surface area (Å²) >= 11 is 0. The second-order valence-electron chi connectivity index (χ2n) is 8.57. The molecule has 0 fully saturated rings. The van der Waals surface area contributed by atoms with Gasteiger partial charge >= 0.3 is 0 Å². The summed E-state index contributed by atoms with van der Waals surface area (Å²) in [5, 5.41) is 16.2. The van der Waals surface area contributed by atoms with Crippen molar-refractivity contribution >= 4 is 23.7 Å². The first-order chi connectivity index (χ1) is 19.3. The number of rotatable bonds is 13. The number of methoxy groups -OCH3 is 1. The largest absolute Gasteiger partial charge is 0.490 e. The molecule has 0 aliphatic carbocycles. The Kier molecular flexibility index (Phi) is 11.0. The number of carbonyl (C=O) groups excluding carboxylic acids is 2. The third kappa shape index (κ3) is 8.82. The van der Waals surface area contributed by atoms with Gasteiger partial charge in [-0.2, -0.15) is 10.4 Å². The second kappa shape index (κ2) is 14.8. The van der Waals surface area contributed by atoms with Gasteiger partial charge in [0.2, 0.25) is 5.88 Å². The van der Waals surface area contributed by atoms with Gasteiger partial charge in [-0.1, -0.05) is 17.7 Å². The molecule has 11 heteroatoms. The van der Waals surface area contributed by atoms with Crippen LogP contribution in [-0.4, -0.2) is 49.9 Å². The number of pyridine rings is 1. The zero-order valence-electron chi connectivity index (χ0n) is 22.8. The zero-order valence-corrected chi connectivity index (χ0v) is 22.8. The summed E-state index contributed by atoms with van der Waals surface area (Å²) in [5.74, 6) is 0.0204. The number of hydrogen-bond donors (Lipinski definition) is 2. The molecule has 2 aromatic carbocycles. The first-order valence-electron chi connectivity index (χ1n) is 12.4. The summed E-state index contributed by atoms with van der Waals surface area (Å²) in [7, 11) is 1.52. The average Bonchev–Trinajstić information content (AvgIpc) is 2.93. The molecule has 0 bridgehead atoms. The minimum absolute atomic E-state index is 0.0539. The van der Waals surface area contributed by atoms with Crippen LogP contribution in [0.1, 0.15) is 34.9 Å². The Hall–Kier alpha value is -4.95. The number of aromatic nitrogens is 1. The SMILES string of the molecule is CCOc1cc(/C=N/NC(=O)COc2nc(C)cc(COC)c2C#N)ccc1OCC(=O)Nc1ccc(C)cc1. The van der Waals surface area contributed by atoms with Crippen molar-refractivity contribution < 1.29 is 28.5 Å². The summed E-state index contributed by atoms with van der Waals surface area (Å²) in [6.07, 6.45) is 1.43. The summed E-state index contributed by atoms with van der Waals surface area (Å²) in [4.78, 5) is 28.7. The number of ether oxygens (including phenoxy) is 4. The number of amides is 2. The van der Waals surface area contributed by atoms with E-state index < -0.39 is 12.5 Å². The number of hydrazone groups is 1. The molecule has 208 valence electrons. The Morgan fingerprint density at radius 3 is 2.45 bits per heavy atom. The topological polar surface area (TPSA) is 144 Å². The molecule has 0 unspecified atom stereocenters. The Morgan fingerprint density at radius 2 is 1.75 bits per heavy atom. The van der Waals surface area contributed by atoms with Crippen molar-refractivity contribution in [3.05, 3.63) is 76.5 Å². The van der Waals surface area contributed by atoms with Crippen molar-refractivity contribution in [2.24, 2.45) is 5.10 Å². The van der Waals surface area contributed by atoms with E-state index in [1.54, 1.807) is 31.2 Å². The minimum atomic E-state index is -0.540. The molecule has 1 aromatic heterocycles. The number of nitrogens with zero attached hydrogens (tertiary/aromatic N) is 3. The van der Waals surface area contributed by atoms with Gasteiger partial charge in [-0.05, 0) is 62.7 Å². The van der Waals surface area contributed by atoms with E-state index in [2.05, 4.69) is 20.8 Å². The lowest BCUT2D eigenvalue weighted by molar-refractivity contribution is -0.123. The highest BCUT2D eigenvalue weighted by Gasteiger charge is 2.14. The molecule has 3 aromatic rings. The van der Waals surface area contributed by atoms with Crippen LogP contribution < -0.4 is 25.0 Å². The fourth-order valence-corrected chi connectivity index (χ4v) is 3.52. The summed E-state index contributed by atoms with van der Waals surface area (Å²) < 4.78 is 21.9. The van der Waals surface area contributed by atoms with Gasteiger partial charge in [-0.3, -0.25) is 9.59 Å². The Balaban J connectivity index is 1.56. The van der Waals surface area contributed by atoms with Crippen molar-refractivity contribution in [2.75, 3.05) is 32.2 Å². The summed E-state index contributed by atoms with van der Waals surface area (Å²) in [5.41, 5.74) is 6.23. The number of nitriles is 1. The van der Waals surface area contributed by atoms with Gasteiger partial charge in [0.15, 0.2) is 24.7 Å². The molecule has 0 saturated heterocycles. The molecular weight excluding hydrogens is 514 g/mol. The van der Waals surface area contributed by atoms with E-state index >= 15 is 0 Å². The number of anilines is 1. The molecule has 0 atom stereocenters. The first kappa shape index (κ1) is 29.6. The smallest absolute Gasteiger partial charge is 0.278 e. The fourth-order valence-electron chi connectivity index (χ4n) is 3.52. The van der Waals surface area contributed by atoms with Crippen molar-refractivity contribution in [3.8, 4) is 23.4 Å². The van der Waals surface area contributed by atoms with Crippen LogP contribution in [0.5, 0.6) is 17.4 Å². The monoisotopic (exact) mass is 545 g/mol. The highest BCUT2D eigenvalue weighted by molar-refractivity contribution is 5.92. The normalized spacial score (nSPS) is 10.6. The van der Waals surface area contributed by atoms with Crippen LogP contribution in [-0.2, 0) is 20.9 Å². The van der Waals surface area contributed by atoms with Gasteiger partial charge in [0, 0.05) is 24.1 Å². The van der Waals surface area contributed by atoms with E-state index in [0.29, 0.717) is 40.6 Å². The Labute approximate surface area is 232 Å². The number of nitrogens with one attached hydrogen (secondary N) is 2. The molecule has 40 heavy (non-hydrogen) atoms. The molecule has 2 amide bonds. The van der Waals surface area contributed by atoms with Crippen molar-refractivity contribution in [1.82, 2.24) is 10.4 Å². The lowest BCUT2D eigenvalue weighted by Gasteiger charge is -2.13. The maximum Gasteiger partial charge on any atom is 0.278 e. The molecular formula is C29H31N5O6. The maximum absolute atomic E-state index is 12.3. The molecule has 0 saturated carbocycles. The molecule has 3 rings (SSSR count). The molecule has 0 spiro atoms. The quantitative estimate of drug-likeness (QED) is 0.245. The summed E-state index contributed by atoms with van der Waals surface area (Å²) in [6, 6.07) is 16.3. The van der Waals surface area contributed by atoms with Gasteiger partial charge in [-0.15, -0.1) is 0 Å². The van der Waals surface area contributed by atoms with Crippen LogP contribution in [0.15, 0.2) is 53.6 Å². The van der Waals surface area contributed by atoms with Gasteiger partial charge in [0.05, 0.1) is 19.4 Å². The maximum atomic E-state index is 12.3. The Bertz CT molecular complexity index is 1400. The lowest BCUT2D eigenvalue weighted by Crippen LogP contribution is -2.25. The summed E-state index contributed by atoms with van der Waals surface area (Å²) in [6.45, 7) is 5.55. The van der Waals surface area contributed by atoms with Crippen LogP contribution in [0, 0.1) is 25.2 Å². The van der Waals surface area contributed by atoms with Gasteiger partial charge < -0.3 is 24.3 Å². The predicted molar refractivity (Wildman–Crippen MR) is 149 cm³/mol. The average molecular weight is 546 g/mol. The fraction of sp³-hybridized carbons (Fsp3) is 0.276. The number of aryl methyl sites for hydroxylation is 2. The second-order valence-corrected chi connectivity index (χ2v) is 8.57. The van der Waals surface area contributed by atoms with E-state index in [9.17, 15) is 14.9 Å². The van der Waals surface area contributed by atoms with Gasteiger partial charge in [0.1, 0.15) is 11.6 Å². The zero-order chi connectivity index (χ0) is 28.9. The molecule has 0 aliphatic rings. The highest BCUT2D eigenvalue weighted by atomic mass is 16.5. The van der Waals surface area contributed by atoms with Gasteiger partial charge in [0.25, 0.3) is 11.8 Å². The van der Waals surface area contributed by atoms with Crippen molar-refractivity contribution in [3.63, 3.8) is 0 Å². The van der Waals surface area contributed by atoms with E-state index in [0.717, 1.165) is 5.56 Å². The molecule has 0 aliphatic heterocycles. The van der Waals surface area contributed by atoms with Crippen molar-refractivity contribution in [1.29, 1.82) is 5.26 Å². The molecule has 1 heterocycles. The predicted octanol–water partition coefficient (Wildman–Crippen LogP) is 3.66. The third-order valence-corrected chi connectivity index (χ3v) is 5.31. The first-order valence-corrected chi connectivity index (χ1v) is 12.4. The van der Waals surface area contributed by atoms with Crippen LogP contribution in [0.3, 0.4) is 0 Å². The molecule has 0 radical (unpaired) electrons. The van der Waals surface area contributed by atoms with Crippen molar-refractivity contribution in [2.45, 2.75) is 27.4 Å². The van der Waals surface area contributed by atoms with Crippen LogP contribution in [0.25, 0.3) is 0 Å². The number of carbonyl (C=O) groups is 2. The van der Waals surface area contributed by atoms with Crippen LogP contribution >= 0.6 is 0 Å². The van der Waals surface area contributed by atoms with E-state index in [4.69, 9.17) is 18.9 Å². The highest BCUT2D eigenvalue weighted by Crippen LogP contribution is 2.28. The third-order valence-electron chi connectivity index (χ3n) is 5.31. The lowest BCUT2D eigenvalue weighted by atomic mass is 10.1. The van der Waals surface area contributed by atoms with Gasteiger partial charge in [-0.25, -0.2) is 10.4 Å². The standard InChI is InChI=1S/C29H31N5O6/c1-5-38-26-13-21(8-11-25(26)39-17-27(35)33-23-9-6-19(2)7-10-23)15-31-34-28(36)18-40-29-24(14-30)22(16-37-4)12-20(3)32-29/h6-13,15H,5,16-18H2,1-4H3,(H,33,35)(H,34,36)/b31-15+. The molecule has 11 nitrogen and oxygen atoms in total. The molecule has 2 N–H and O–H groups in total. The van der Waals surface area contributed by atoms with E-state index in [-0.39, 0.29) is 30.6 Å². The van der Waals surface area contributed by atoms with E-state index in [1.807, 2.05) is 44.2 Å². The Morgan fingerprint density at radius 1 is 1.00 bits per heavy atom. The van der Waals surface area contributed by atoms with Crippen LogP contribution in [0.4, 0.5) is 5.69 Å². The van der Waals surface area contributed by atoms with E-state index in [1.165, 1.54) is 13.3 Å².